The van der Waals surface area contributed by atoms with Crippen molar-refractivity contribution < 1.29 is 4.79 Å². The lowest BCUT2D eigenvalue weighted by Gasteiger charge is -2.28. The maximum Gasteiger partial charge on any atom is 0.330 e. The highest BCUT2D eigenvalue weighted by atomic mass is 16.2. The molecule has 1 heterocycles. The minimum Gasteiger partial charge on any atom is -0.383 e. The number of unbranched alkanes of at least 4 members (excludes halogenated alkanes) is 1. The van der Waals surface area contributed by atoms with Crippen LogP contribution in [0.1, 0.15) is 52.5 Å². The topological polar surface area (TPSA) is 101 Å². The van der Waals surface area contributed by atoms with Crippen LogP contribution in [0.4, 0.5) is 11.5 Å². The molecule has 0 saturated heterocycles. The summed E-state index contributed by atoms with van der Waals surface area (Å²) in [5.74, 6) is -0.186. The average Bonchev–Trinajstić information content (AvgIpc) is 2.60. The number of hydrogen-bond donors (Lipinski definition) is 2. The van der Waals surface area contributed by atoms with E-state index in [0.29, 0.717) is 6.54 Å². The number of aromatic amines is 1. The molecule has 0 radical (unpaired) electrons. The molecule has 1 aromatic carbocycles. The SMILES string of the molecule is CCCCn1c(N)c(N(Cc2ccccc2)C(=O)CC(C)(C)C)c(=O)[nH]c1=O. The Morgan fingerprint density at radius 1 is 1.18 bits per heavy atom. The van der Waals surface area contributed by atoms with E-state index < -0.39 is 11.2 Å². The minimum atomic E-state index is -0.645. The highest BCUT2D eigenvalue weighted by Crippen LogP contribution is 2.25. The van der Waals surface area contributed by atoms with E-state index in [1.54, 1.807) is 0 Å². The highest BCUT2D eigenvalue weighted by molar-refractivity contribution is 5.95. The Hall–Kier alpha value is -2.83. The van der Waals surface area contributed by atoms with E-state index in [4.69, 9.17) is 5.73 Å². The van der Waals surface area contributed by atoms with Gasteiger partial charge in [-0.15, -0.1) is 0 Å². The van der Waals surface area contributed by atoms with Gasteiger partial charge in [0.05, 0.1) is 6.54 Å². The van der Waals surface area contributed by atoms with Gasteiger partial charge >= 0.3 is 5.69 Å². The van der Waals surface area contributed by atoms with Gasteiger partial charge in [0.25, 0.3) is 5.56 Å². The van der Waals surface area contributed by atoms with Crippen LogP contribution in [0, 0.1) is 5.41 Å². The average molecular weight is 386 g/mol. The normalized spacial score (nSPS) is 11.4. The van der Waals surface area contributed by atoms with Crippen LogP contribution in [0.5, 0.6) is 0 Å². The predicted octanol–water partition coefficient (Wildman–Crippen LogP) is 2.89. The number of H-pyrrole nitrogens is 1. The highest BCUT2D eigenvalue weighted by Gasteiger charge is 2.27. The summed E-state index contributed by atoms with van der Waals surface area (Å²) in [6.45, 7) is 8.47. The number of anilines is 2. The number of benzene rings is 1. The van der Waals surface area contributed by atoms with Crippen LogP contribution in [0.15, 0.2) is 39.9 Å². The largest absolute Gasteiger partial charge is 0.383 e. The Balaban J connectivity index is 2.57. The molecule has 152 valence electrons. The number of nitrogens with zero attached hydrogens (tertiary/aromatic N) is 2. The van der Waals surface area contributed by atoms with E-state index in [0.717, 1.165) is 18.4 Å². The zero-order valence-electron chi connectivity index (χ0n) is 17.1. The predicted molar refractivity (Wildman–Crippen MR) is 112 cm³/mol. The fraction of sp³-hybridized carbons (Fsp3) is 0.476. The van der Waals surface area contributed by atoms with Crippen LogP contribution in [-0.2, 0) is 17.9 Å². The molecular formula is C21H30N4O3. The third kappa shape index (κ3) is 5.34. The van der Waals surface area contributed by atoms with Crippen LogP contribution in [-0.4, -0.2) is 15.5 Å². The molecule has 3 N–H and O–H groups in total. The Kier molecular flexibility index (Phi) is 6.83. The molecule has 0 aliphatic heterocycles. The molecule has 0 fully saturated rings. The molecule has 0 spiro atoms. The van der Waals surface area contributed by atoms with Crippen molar-refractivity contribution in [2.75, 3.05) is 10.6 Å². The first-order valence-electron chi connectivity index (χ1n) is 9.61. The van der Waals surface area contributed by atoms with Crippen molar-refractivity contribution >= 4 is 17.4 Å². The minimum absolute atomic E-state index is 0.0281. The smallest absolute Gasteiger partial charge is 0.330 e. The van der Waals surface area contributed by atoms with Crippen molar-refractivity contribution in [1.82, 2.24) is 9.55 Å². The summed E-state index contributed by atoms with van der Waals surface area (Å²) >= 11 is 0. The molecule has 1 aromatic heterocycles. The van der Waals surface area contributed by atoms with E-state index >= 15 is 0 Å². The number of nitrogens with one attached hydrogen (secondary N) is 1. The van der Waals surface area contributed by atoms with E-state index in [2.05, 4.69) is 4.98 Å². The van der Waals surface area contributed by atoms with Gasteiger partial charge in [-0.3, -0.25) is 19.1 Å². The first-order valence-corrected chi connectivity index (χ1v) is 9.61. The summed E-state index contributed by atoms with van der Waals surface area (Å²) in [7, 11) is 0. The van der Waals surface area contributed by atoms with E-state index in [9.17, 15) is 14.4 Å². The molecule has 1 amide bonds. The monoisotopic (exact) mass is 386 g/mol. The van der Waals surface area contributed by atoms with Crippen molar-refractivity contribution in [2.45, 2.75) is 60.0 Å². The fourth-order valence-corrected chi connectivity index (χ4v) is 2.98. The van der Waals surface area contributed by atoms with Crippen LogP contribution >= 0.6 is 0 Å². The van der Waals surface area contributed by atoms with E-state index in [1.165, 1.54) is 9.47 Å². The Bertz CT molecular complexity index is 923. The lowest BCUT2D eigenvalue weighted by molar-refractivity contribution is -0.120. The van der Waals surface area contributed by atoms with Crippen LogP contribution in [0.2, 0.25) is 0 Å². The summed E-state index contributed by atoms with van der Waals surface area (Å²) in [5, 5.41) is 0. The van der Waals surface area contributed by atoms with Gasteiger partial charge in [0.15, 0.2) is 5.69 Å². The maximum atomic E-state index is 13.1. The second kappa shape index (κ2) is 8.91. The quantitative estimate of drug-likeness (QED) is 0.764. The summed E-state index contributed by atoms with van der Waals surface area (Å²) in [6, 6.07) is 9.40. The molecule has 7 heteroatoms. The molecule has 0 unspecified atom stereocenters. The van der Waals surface area contributed by atoms with E-state index in [-0.39, 0.29) is 35.8 Å². The van der Waals surface area contributed by atoms with Crippen molar-refractivity contribution in [3.63, 3.8) is 0 Å². The van der Waals surface area contributed by atoms with Crippen molar-refractivity contribution in [2.24, 2.45) is 5.41 Å². The van der Waals surface area contributed by atoms with Gasteiger partial charge < -0.3 is 10.6 Å². The maximum absolute atomic E-state index is 13.1. The fourth-order valence-electron chi connectivity index (χ4n) is 2.98. The standard InChI is InChI=1S/C21H30N4O3/c1-5-6-12-24-18(22)17(19(27)23-20(24)28)25(16(26)13-21(2,3)4)14-15-10-8-7-9-11-15/h7-11H,5-6,12-14,22H2,1-4H3,(H,23,27,28). The van der Waals surface area contributed by atoms with Crippen LogP contribution in [0.3, 0.4) is 0 Å². The lowest BCUT2D eigenvalue weighted by atomic mass is 9.91. The molecule has 7 nitrogen and oxygen atoms in total. The lowest BCUT2D eigenvalue weighted by Crippen LogP contribution is -2.41. The number of aromatic nitrogens is 2. The summed E-state index contributed by atoms with van der Waals surface area (Å²) in [5.41, 5.74) is 5.68. The summed E-state index contributed by atoms with van der Waals surface area (Å²) < 4.78 is 1.34. The number of amides is 1. The first kappa shape index (κ1) is 21.5. The molecule has 0 atom stereocenters. The zero-order valence-corrected chi connectivity index (χ0v) is 17.1. The van der Waals surface area contributed by atoms with Crippen molar-refractivity contribution in [3.8, 4) is 0 Å². The summed E-state index contributed by atoms with van der Waals surface area (Å²) in [6.07, 6.45) is 1.86. The third-order valence-corrected chi connectivity index (χ3v) is 4.39. The molecular weight excluding hydrogens is 356 g/mol. The Labute approximate surface area is 165 Å². The van der Waals surface area contributed by atoms with Gasteiger partial charge in [-0.25, -0.2) is 4.79 Å². The summed E-state index contributed by atoms with van der Waals surface area (Å²) in [4.78, 5) is 41.7. The molecule has 0 bridgehead atoms. The van der Waals surface area contributed by atoms with Gasteiger partial charge in [0, 0.05) is 13.0 Å². The Morgan fingerprint density at radius 2 is 1.82 bits per heavy atom. The van der Waals surface area contributed by atoms with Crippen molar-refractivity contribution in [1.29, 1.82) is 0 Å². The Morgan fingerprint density at radius 3 is 2.39 bits per heavy atom. The number of nitrogens with two attached hydrogens (primary N) is 1. The number of hydrogen-bond acceptors (Lipinski definition) is 4. The molecule has 2 rings (SSSR count). The molecule has 0 aliphatic carbocycles. The van der Waals surface area contributed by atoms with Gasteiger partial charge in [-0.05, 0) is 17.4 Å². The molecule has 2 aromatic rings. The van der Waals surface area contributed by atoms with Gasteiger partial charge in [0.2, 0.25) is 5.91 Å². The van der Waals surface area contributed by atoms with Crippen LogP contribution in [0.25, 0.3) is 0 Å². The van der Waals surface area contributed by atoms with Gasteiger partial charge in [-0.1, -0.05) is 64.4 Å². The molecule has 0 saturated carbocycles. The molecule has 28 heavy (non-hydrogen) atoms. The first-order chi connectivity index (χ1) is 13.1. The second-order valence-corrected chi connectivity index (χ2v) is 8.20. The number of carbonyl (C=O) groups excluding carboxylic acids is 1. The zero-order chi connectivity index (χ0) is 20.9. The van der Waals surface area contributed by atoms with E-state index in [1.807, 2.05) is 58.0 Å². The van der Waals surface area contributed by atoms with Crippen LogP contribution < -0.4 is 21.9 Å². The van der Waals surface area contributed by atoms with Gasteiger partial charge in [-0.2, -0.15) is 0 Å². The number of carbonyl (C=O) groups is 1. The number of rotatable bonds is 7. The number of nitrogen functional groups attached to an aromatic ring is 1. The molecule has 0 aliphatic rings. The third-order valence-electron chi connectivity index (χ3n) is 4.39. The van der Waals surface area contributed by atoms with Gasteiger partial charge in [0.1, 0.15) is 5.82 Å². The second-order valence-electron chi connectivity index (χ2n) is 8.20. The van der Waals surface area contributed by atoms with Crippen molar-refractivity contribution in [3.05, 3.63) is 56.7 Å².